The number of amides is 1. The van der Waals surface area contributed by atoms with E-state index in [1.54, 1.807) is 10.7 Å². The molecular weight excluding hydrogens is 342 g/mol. The maximum atomic E-state index is 12.5. The summed E-state index contributed by atoms with van der Waals surface area (Å²) < 4.78 is 7.08. The number of hydrogen-bond donors (Lipinski definition) is 1. The van der Waals surface area contributed by atoms with E-state index in [1.807, 2.05) is 52.3 Å². The molecule has 0 saturated heterocycles. The van der Waals surface area contributed by atoms with Crippen LogP contribution in [0.3, 0.4) is 0 Å². The molecule has 0 aliphatic carbocycles. The highest BCUT2D eigenvalue weighted by atomic mass is 16.5. The quantitative estimate of drug-likeness (QED) is 0.695. The number of aromatic nitrogens is 3. The zero-order chi connectivity index (χ0) is 19.4. The lowest BCUT2D eigenvalue weighted by molar-refractivity contribution is 0.0930. The normalized spacial score (nSPS) is 12.3. The van der Waals surface area contributed by atoms with Gasteiger partial charge in [-0.25, -0.2) is 0 Å². The molecule has 142 valence electrons. The van der Waals surface area contributed by atoms with Crippen molar-refractivity contribution in [3.8, 4) is 0 Å². The molecule has 0 bridgehead atoms. The smallest absolute Gasteiger partial charge is 0.273 e. The summed E-state index contributed by atoms with van der Waals surface area (Å²) >= 11 is 0. The van der Waals surface area contributed by atoms with E-state index in [-0.39, 0.29) is 17.6 Å². The van der Waals surface area contributed by atoms with Crippen molar-refractivity contribution in [2.45, 2.75) is 33.0 Å². The maximum Gasteiger partial charge on any atom is 0.273 e. The molecule has 3 aromatic rings. The molecule has 2 aromatic heterocycles. The fraction of sp³-hybridized carbons (Fsp3) is 0.350. The van der Waals surface area contributed by atoms with Crippen LogP contribution in [0.1, 0.15) is 46.0 Å². The molecule has 0 spiro atoms. The summed E-state index contributed by atoms with van der Waals surface area (Å²) in [5.41, 5.74) is 3.38. The Kier molecular flexibility index (Phi) is 5.71. The van der Waals surface area contributed by atoms with Gasteiger partial charge in [0.25, 0.3) is 5.91 Å². The molecule has 7 nitrogen and oxygen atoms in total. The van der Waals surface area contributed by atoms with Crippen molar-refractivity contribution >= 4 is 5.91 Å². The average Bonchev–Trinajstić information content (AvgIpc) is 3.21. The molecule has 0 fully saturated rings. The second-order valence-electron chi connectivity index (χ2n) is 6.88. The third-order valence-corrected chi connectivity index (χ3v) is 4.38. The van der Waals surface area contributed by atoms with Crippen LogP contribution >= 0.6 is 0 Å². The summed E-state index contributed by atoms with van der Waals surface area (Å²) in [7, 11) is 3.86. The van der Waals surface area contributed by atoms with Gasteiger partial charge in [0.15, 0.2) is 11.5 Å². The molecule has 0 aliphatic rings. The first kappa shape index (κ1) is 18.8. The van der Waals surface area contributed by atoms with Crippen LogP contribution < -0.4 is 5.32 Å². The highest BCUT2D eigenvalue weighted by Crippen LogP contribution is 2.16. The minimum Gasteiger partial charge on any atom is -0.359 e. The Balaban J connectivity index is 1.58. The summed E-state index contributed by atoms with van der Waals surface area (Å²) in [5.74, 6) is 0.398. The minimum atomic E-state index is -0.258. The molecule has 0 radical (unpaired) electrons. The molecule has 3 rings (SSSR count). The highest BCUT2D eigenvalue weighted by Gasteiger charge is 2.18. The number of nitrogens with one attached hydrogen (secondary N) is 1. The van der Waals surface area contributed by atoms with Gasteiger partial charge < -0.3 is 9.84 Å². The summed E-state index contributed by atoms with van der Waals surface area (Å²) in [6.07, 6.45) is 1.91. The van der Waals surface area contributed by atoms with Crippen molar-refractivity contribution in [2.75, 3.05) is 7.05 Å². The van der Waals surface area contributed by atoms with Crippen molar-refractivity contribution in [1.29, 1.82) is 0 Å². The number of nitrogens with zero attached hydrogens (tertiary/aromatic N) is 4. The maximum absolute atomic E-state index is 12.5. The van der Waals surface area contributed by atoms with E-state index in [1.165, 1.54) is 5.56 Å². The fourth-order valence-electron chi connectivity index (χ4n) is 3.10. The molecule has 7 heteroatoms. The molecule has 1 amide bonds. The van der Waals surface area contributed by atoms with Crippen LogP contribution in [0, 0.1) is 6.92 Å². The van der Waals surface area contributed by atoms with E-state index in [2.05, 4.69) is 32.6 Å². The highest BCUT2D eigenvalue weighted by molar-refractivity contribution is 5.92. The Bertz CT molecular complexity index is 900. The molecular formula is C20H25N5O2. The van der Waals surface area contributed by atoms with E-state index >= 15 is 0 Å². The SMILES string of the molecule is Cc1nn(C)cc1C(C)NC(=O)c1cc(CN(C)Cc2ccccc2)on1. The third kappa shape index (κ3) is 4.83. The molecule has 2 heterocycles. The first-order chi connectivity index (χ1) is 12.9. The first-order valence-corrected chi connectivity index (χ1v) is 8.91. The zero-order valence-corrected chi connectivity index (χ0v) is 16.1. The van der Waals surface area contributed by atoms with Crippen molar-refractivity contribution in [2.24, 2.45) is 7.05 Å². The predicted molar refractivity (Wildman–Crippen MR) is 102 cm³/mol. The monoisotopic (exact) mass is 367 g/mol. The summed E-state index contributed by atoms with van der Waals surface area (Å²) in [6, 6.07) is 11.7. The zero-order valence-electron chi connectivity index (χ0n) is 16.1. The van der Waals surface area contributed by atoms with Gasteiger partial charge in [-0.1, -0.05) is 35.5 Å². The van der Waals surface area contributed by atoms with Crippen molar-refractivity contribution in [3.05, 3.63) is 70.9 Å². The topological polar surface area (TPSA) is 76.2 Å². The summed E-state index contributed by atoms with van der Waals surface area (Å²) in [5, 5.41) is 11.2. The number of benzene rings is 1. The van der Waals surface area contributed by atoms with Crippen molar-refractivity contribution < 1.29 is 9.32 Å². The van der Waals surface area contributed by atoms with Gasteiger partial charge in [0, 0.05) is 31.4 Å². The Labute approximate surface area is 159 Å². The van der Waals surface area contributed by atoms with Crippen LogP contribution in [0.4, 0.5) is 0 Å². The van der Waals surface area contributed by atoms with Gasteiger partial charge in [-0.3, -0.25) is 14.4 Å². The fourth-order valence-corrected chi connectivity index (χ4v) is 3.10. The molecule has 27 heavy (non-hydrogen) atoms. The van der Waals surface area contributed by atoms with Crippen LogP contribution in [0.15, 0.2) is 47.1 Å². The standard InChI is InChI=1S/C20H25N5O2/c1-14(18-13-25(4)22-15(18)2)21-20(26)19-10-17(27-23-19)12-24(3)11-16-8-6-5-7-9-16/h5-10,13-14H,11-12H2,1-4H3,(H,21,26). The van der Waals surface area contributed by atoms with Gasteiger partial charge in [0.05, 0.1) is 18.3 Å². The first-order valence-electron chi connectivity index (χ1n) is 8.91. The van der Waals surface area contributed by atoms with Gasteiger partial charge in [0.1, 0.15) is 0 Å². The van der Waals surface area contributed by atoms with E-state index in [0.29, 0.717) is 12.3 Å². The summed E-state index contributed by atoms with van der Waals surface area (Å²) in [4.78, 5) is 14.6. The van der Waals surface area contributed by atoms with Gasteiger partial charge >= 0.3 is 0 Å². The second-order valence-corrected chi connectivity index (χ2v) is 6.88. The molecule has 0 saturated carbocycles. The van der Waals surface area contributed by atoms with Gasteiger partial charge in [-0.15, -0.1) is 0 Å². The van der Waals surface area contributed by atoms with Crippen LogP contribution in [0.5, 0.6) is 0 Å². The lowest BCUT2D eigenvalue weighted by Gasteiger charge is -2.14. The van der Waals surface area contributed by atoms with Crippen LogP contribution in [0.25, 0.3) is 0 Å². The van der Waals surface area contributed by atoms with Crippen LogP contribution in [0.2, 0.25) is 0 Å². The molecule has 1 unspecified atom stereocenters. The van der Waals surface area contributed by atoms with Gasteiger partial charge in [-0.2, -0.15) is 5.10 Å². The van der Waals surface area contributed by atoms with Crippen molar-refractivity contribution in [1.82, 2.24) is 25.2 Å². The molecule has 1 aromatic carbocycles. The largest absolute Gasteiger partial charge is 0.359 e. The Hall–Kier alpha value is -2.93. The Morgan fingerprint density at radius 2 is 2.04 bits per heavy atom. The van der Waals surface area contributed by atoms with E-state index in [9.17, 15) is 4.79 Å². The number of rotatable bonds is 7. The number of hydrogen-bond acceptors (Lipinski definition) is 5. The number of carbonyl (C=O) groups excluding carboxylic acids is 1. The van der Waals surface area contributed by atoms with E-state index in [0.717, 1.165) is 17.8 Å². The van der Waals surface area contributed by atoms with Crippen molar-refractivity contribution in [3.63, 3.8) is 0 Å². The Morgan fingerprint density at radius 3 is 2.70 bits per heavy atom. The van der Waals surface area contributed by atoms with Crippen LogP contribution in [-0.2, 0) is 20.1 Å². The molecule has 0 aliphatic heterocycles. The lowest BCUT2D eigenvalue weighted by atomic mass is 10.1. The Morgan fingerprint density at radius 1 is 1.30 bits per heavy atom. The average molecular weight is 367 g/mol. The minimum absolute atomic E-state index is 0.160. The summed E-state index contributed by atoms with van der Waals surface area (Å²) in [6.45, 7) is 5.22. The second kappa shape index (κ2) is 8.18. The lowest BCUT2D eigenvalue weighted by Crippen LogP contribution is -2.27. The van der Waals surface area contributed by atoms with Crippen LogP contribution in [-0.4, -0.2) is 32.8 Å². The van der Waals surface area contributed by atoms with E-state index in [4.69, 9.17) is 4.52 Å². The van der Waals surface area contributed by atoms with Gasteiger partial charge in [0.2, 0.25) is 0 Å². The number of carbonyl (C=O) groups is 1. The molecule has 1 N–H and O–H groups in total. The third-order valence-electron chi connectivity index (χ3n) is 4.38. The molecule has 1 atom stereocenters. The van der Waals surface area contributed by atoms with E-state index < -0.39 is 0 Å². The predicted octanol–water partition coefficient (Wildman–Crippen LogP) is 2.84. The van der Waals surface area contributed by atoms with Gasteiger partial charge in [-0.05, 0) is 26.5 Å². The number of aryl methyl sites for hydroxylation is 2.